The van der Waals surface area contributed by atoms with E-state index in [2.05, 4.69) is 51.6 Å². The second-order valence-electron chi connectivity index (χ2n) is 9.83. The zero-order valence-corrected chi connectivity index (χ0v) is 19.4. The molecule has 2 atom stereocenters. The van der Waals surface area contributed by atoms with Gasteiger partial charge in [0.05, 0.1) is 16.7 Å². The predicted molar refractivity (Wildman–Crippen MR) is 132 cm³/mol. The van der Waals surface area contributed by atoms with E-state index in [1.807, 2.05) is 26.2 Å². The third-order valence-corrected chi connectivity index (χ3v) is 7.44. The fraction of sp³-hybridized carbons (Fsp3) is 0.370. The number of pyridine rings is 1. The summed E-state index contributed by atoms with van der Waals surface area (Å²) in [6.45, 7) is 3.56. The Bertz CT molecular complexity index is 1390. The van der Waals surface area contributed by atoms with Crippen LogP contribution in [0, 0.1) is 6.92 Å². The Morgan fingerprint density at radius 1 is 1.03 bits per heavy atom. The maximum atomic E-state index is 12.5. The number of hydrogen-bond acceptors (Lipinski definition) is 4. The lowest BCUT2D eigenvalue weighted by Gasteiger charge is -2.21. The van der Waals surface area contributed by atoms with E-state index in [0.29, 0.717) is 23.9 Å². The van der Waals surface area contributed by atoms with Crippen molar-refractivity contribution in [2.75, 3.05) is 27.2 Å². The van der Waals surface area contributed by atoms with Crippen LogP contribution in [-0.4, -0.2) is 53.2 Å². The van der Waals surface area contributed by atoms with Gasteiger partial charge < -0.3 is 10.2 Å². The number of amides is 1. The highest BCUT2D eigenvalue weighted by atomic mass is 16.1. The van der Waals surface area contributed by atoms with Gasteiger partial charge in [-0.1, -0.05) is 12.1 Å². The van der Waals surface area contributed by atoms with Crippen molar-refractivity contribution in [3.05, 3.63) is 58.8 Å². The van der Waals surface area contributed by atoms with E-state index < -0.39 is 0 Å². The van der Waals surface area contributed by atoms with Crippen LogP contribution in [0.3, 0.4) is 0 Å². The summed E-state index contributed by atoms with van der Waals surface area (Å²) in [5, 5.41) is 13.2. The molecule has 6 heteroatoms. The van der Waals surface area contributed by atoms with E-state index in [0.717, 1.165) is 34.5 Å². The largest absolute Gasteiger partial charge is 0.351 e. The van der Waals surface area contributed by atoms with Crippen molar-refractivity contribution in [1.29, 1.82) is 0 Å². The van der Waals surface area contributed by atoms with Crippen molar-refractivity contribution >= 4 is 27.7 Å². The second-order valence-corrected chi connectivity index (χ2v) is 9.83. The highest BCUT2D eigenvalue weighted by Crippen LogP contribution is 2.58. The molecular weight excluding hydrogens is 410 g/mol. The summed E-state index contributed by atoms with van der Waals surface area (Å²) < 4.78 is 0. The van der Waals surface area contributed by atoms with Crippen LogP contribution in [0.1, 0.15) is 58.3 Å². The smallest absolute Gasteiger partial charge is 0.251 e. The molecule has 2 aromatic heterocycles. The van der Waals surface area contributed by atoms with Crippen LogP contribution in [0.5, 0.6) is 0 Å². The van der Waals surface area contributed by atoms with Gasteiger partial charge in [-0.15, -0.1) is 0 Å². The molecule has 2 heterocycles. The normalized spacial score (nSPS) is 19.0. The van der Waals surface area contributed by atoms with Gasteiger partial charge >= 0.3 is 0 Å². The van der Waals surface area contributed by atoms with E-state index in [4.69, 9.17) is 4.98 Å². The van der Waals surface area contributed by atoms with Crippen LogP contribution >= 0.6 is 0 Å². The standard InChI is InChI=1S/C27H29N5O/c1-15-22-21(31-30-15)11-10-20-25(22)23-18-8-9-19(14-18)24(23)26(29-20)16-4-6-17(7-5-16)27(33)28-12-13-32(2)3/h4-7,10-11,18-19H,8-9,12-14H2,1-3H3,(H,28,33)(H,30,31). The summed E-state index contributed by atoms with van der Waals surface area (Å²) in [7, 11) is 4.00. The Hall–Kier alpha value is -3.25. The van der Waals surface area contributed by atoms with E-state index >= 15 is 0 Å². The molecule has 2 bridgehead atoms. The van der Waals surface area contributed by atoms with Gasteiger partial charge in [-0.05, 0) is 87.5 Å². The van der Waals surface area contributed by atoms with Crippen LogP contribution in [0.25, 0.3) is 33.1 Å². The second kappa shape index (κ2) is 7.66. The first kappa shape index (κ1) is 20.4. The van der Waals surface area contributed by atoms with Gasteiger partial charge in [0.25, 0.3) is 5.91 Å². The third-order valence-electron chi connectivity index (χ3n) is 7.44. The van der Waals surface area contributed by atoms with Gasteiger partial charge in [-0.3, -0.25) is 9.89 Å². The van der Waals surface area contributed by atoms with Crippen LogP contribution in [0.4, 0.5) is 0 Å². The average Bonchev–Trinajstić information content (AvgIpc) is 3.54. The Labute approximate surface area is 193 Å². The number of hydrogen-bond donors (Lipinski definition) is 2. The first-order valence-corrected chi connectivity index (χ1v) is 11.9. The van der Waals surface area contributed by atoms with Crippen molar-refractivity contribution < 1.29 is 4.79 Å². The van der Waals surface area contributed by atoms with Gasteiger partial charge in [-0.25, -0.2) is 4.98 Å². The number of likely N-dealkylation sites (N-methyl/N-ethyl adjacent to an activating group) is 1. The van der Waals surface area contributed by atoms with Crippen molar-refractivity contribution in [2.24, 2.45) is 0 Å². The number of H-pyrrole nitrogens is 1. The summed E-state index contributed by atoms with van der Waals surface area (Å²) in [4.78, 5) is 19.8. The molecule has 0 spiro atoms. The highest BCUT2D eigenvalue weighted by molar-refractivity contribution is 6.09. The summed E-state index contributed by atoms with van der Waals surface area (Å²) >= 11 is 0. The third kappa shape index (κ3) is 3.23. The first-order valence-electron chi connectivity index (χ1n) is 11.9. The molecule has 1 fully saturated rings. The SMILES string of the molecule is Cc1[nH]nc2ccc3nc(-c4ccc(C(=O)NCCN(C)C)cc4)c4c(c3c12)C1CCC4C1. The number of carbonyl (C=O) groups is 1. The summed E-state index contributed by atoms with van der Waals surface area (Å²) in [6, 6.07) is 12.1. The van der Waals surface area contributed by atoms with Gasteiger partial charge in [-0.2, -0.15) is 5.10 Å². The van der Waals surface area contributed by atoms with Gasteiger partial charge in [0.1, 0.15) is 0 Å². The molecule has 0 radical (unpaired) electrons. The van der Waals surface area contributed by atoms with Crippen LogP contribution < -0.4 is 5.32 Å². The molecule has 0 saturated heterocycles. The molecule has 6 rings (SSSR count). The molecule has 2 aliphatic carbocycles. The zero-order valence-electron chi connectivity index (χ0n) is 19.4. The van der Waals surface area contributed by atoms with E-state index in [9.17, 15) is 4.79 Å². The van der Waals surface area contributed by atoms with Crippen molar-refractivity contribution in [3.63, 3.8) is 0 Å². The minimum Gasteiger partial charge on any atom is -0.351 e. The van der Waals surface area contributed by atoms with Crippen molar-refractivity contribution in [1.82, 2.24) is 25.4 Å². The Morgan fingerprint density at radius 3 is 2.52 bits per heavy atom. The lowest BCUT2D eigenvalue weighted by Crippen LogP contribution is -2.31. The highest BCUT2D eigenvalue weighted by Gasteiger charge is 2.41. The fourth-order valence-corrected chi connectivity index (χ4v) is 5.90. The number of nitrogens with one attached hydrogen (secondary N) is 2. The Kier molecular flexibility index (Phi) is 4.73. The number of nitrogens with zero attached hydrogens (tertiary/aromatic N) is 3. The maximum Gasteiger partial charge on any atom is 0.251 e. The van der Waals surface area contributed by atoms with Crippen LogP contribution in [0.2, 0.25) is 0 Å². The molecule has 2 N–H and O–H groups in total. The van der Waals surface area contributed by atoms with E-state index in [-0.39, 0.29) is 5.91 Å². The quantitative estimate of drug-likeness (QED) is 0.471. The number of fused-ring (bicyclic) bond motifs is 9. The van der Waals surface area contributed by atoms with E-state index in [1.165, 1.54) is 41.2 Å². The summed E-state index contributed by atoms with van der Waals surface area (Å²) in [5.74, 6) is 1.15. The summed E-state index contributed by atoms with van der Waals surface area (Å²) in [5.41, 5.74) is 8.95. The van der Waals surface area contributed by atoms with Crippen molar-refractivity contribution in [2.45, 2.75) is 38.0 Å². The molecule has 6 nitrogen and oxygen atoms in total. The summed E-state index contributed by atoms with van der Waals surface area (Å²) in [6.07, 6.45) is 3.73. The van der Waals surface area contributed by atoms with Crippen LogP contribution in [0.15, 0.2) is 36.4 Å². The topological polar surface area (TPSA) is 73.9 Å². The number of aryl methyl sites for hydroxylation is 1. The zero-order chi connectivity index (χ0) is 22.7. The van der Waals surface area contributed by atoms with Gasteiger partial charge in [0.2, 0.25) is 0 Å². The molecule has 1 saturated carbocycles. The number of aromatic nitrogens is 3. The molecule has 2 unspecified atom stereocenters. The fourth-order valence-electron chi connectivity index (χ4n) is 5.90. The Balaban J connectivity index is 1.44. The minimum atomic E-state index is -0.0306. The maximum absolute atomic E-state index is 12.5. The number of rotatable bonds is 5. The number of carbonyl (C=O) groups excluding carboxylic acids is 1. The minimum absolute atomic E-state index is 0.0306. The van der Waals surface area contributed by atoms with Gasteiger partial charge in [0.15, 0.2) is 0 Å². The molecule has 4 aromatic rings. The first-order chi connectivity index (χ1) is 16.0. The molecule has 1 amide bonds. The molecule has 2 aromatic carbocycles. The number of benzene rings is 2. The lowest BCUT2D eigenvalue weighted by molar-refractivity contribution is 0.0951. The van der Waals surface area contributed by atoms with Crippen LogP contribution in [-0.2, 0) is 0 Å². The molecule has 0 aliphatic heterocycles. The predicted octanol–water partition coefficient (Wildman–Crippen LogP) is 4.74. The van der Waals surface area contributed by atoms with E-state index in [1.54, 1.807) is 0 Å². The molecule has 168 valence electrons. The number of aromatic amines is 1. The van der Waals surface area contributed by atoms with Crippen molar-refractivity contribution in [3.8, 4) is 11.3 Å². The molecule has 33 heavy (non-hydrogen) atoms. The van der Waals surface area contributed by atoms with Gasteiger partial charge in [0, 0.05) is 40.7 Å². The molecular formula is C27H29N5O. The monoisotopic (exact) mass is 439 g/mol. The lowest BCUT2D eigenvalue weighted by atomic mass is 9.85. The Morgan fingerprint density at radius 2 is 1.76 bits per heavy atom. The average molecular weight is 440 g/mol. The molecule has 2 aliphatic rings.